The number of benzene rings is 3. The third-order valence-electron chi connectivity index (χ3n) is 7.30. The molecule has 1 aliphatic heterocycles. The second-order valence-corrected chi connectivity index (χ2v) is 11.3. The van der Waals surface area contributed by atoms with E-state index in [1.165, 1.54) is 0 Å². The van der Waals surface area contributed by atoms with Crippen molar-refractivity contribution in [1.82, 2.24) is 4.90 Å². The molecule has 0 atom stereocenters. The maximum absolute atomic E-state index is 13.4. The minimum Gasteiger partial charge on any atom is -0.384 e. The van der Waals surface area contributed by atoms with Crippen molar-refractivity contribution in [3.63, 3.8) is 0 Å². The SMILES string of the molecule is CN(C(=O)c1cccc2cc(NS(=O)(=O)c3cccc4c3NCCC4)ccc12)C1CCC(N)CC1. The molecule has 3 aromatic carbocycles. The molecule has 7 nitrogen and oxygen atoms in total. The minimum atomic E-state index is -3.78. The molecular formula is C27H32N4O3S. The zero-order valence-electron chi connectivity index (χ0n) is 20.0. The van der Waals surface area contributed by atoms with Crippen LogP contribution in [0.3, 0.4) is 0 Å². The number of sulfonamides is 1. The number of aryl methyl sites for hydroxylation is 1. The topological polar surface area (TPSA) is 105 Å². The highest BCUT2D eigenvalue weighted by Crippen LogP contribution is 2.32. The van der Waals surface area contributed by atoms with E-state index in [0.29, 0.717) is 16.9 Å². The summed E-state index contributed by atoms with van der Waals surface area (Å²) in [7, 11) is -1.92. The molecule has 0 radical (unpaired) electrons. The van der Waals surface area contributed by atoms with Crippen LogP contribution in [-0.2, 0) is 16.4 Å². The number of amides is 1. The summed E-state index contributed by atoms with van der Waals surface area (Å²) in [5, 5.41) is 4.86. The van der Waals surface area contributed by atoms with Crippen LogP contribution >= 0.6 is 0 Å². The Kier molecular flexibility index (Phi) is 6.42. The third kappa shape index (κ3) is 4.73. The van der Waals surface area contributed by atoms with Gasteiger partial charge < -0.3 is 16.0 Å². The monoisotopic (exact) mass is 492 g/mol. The van der Waals surface area contributed by atoms with Crippen molar-refractivity contribution < 1.29 is 13.2 Å². The van der Waals surface area contributed by atoms with Gasteiger partial charge in [0.2, 0.25) is 0 Å². The summed E-state index contributed by atoms with van der Waals surface area (Å²) in [6, 6.07) is 16.7. The Bertz CT molecular complexity index is 1360. The second kappa shape index (κ2) is 9.51. The Hall–Kier alpha value is -3.10. The van der Waals surface area contributed by atoms with Crippen LogP contribution in [0.4, 0.5) is 11.4 Å². The molecular weight excluding hydrogens is 460 g/mol. The van der Waals surface area contributed by atoms with Crippen LogP contribution in [0.2, 0.25) is 0 Å². The molecule has 1 saturated carbocycles. The predicted octanol–water partition coefficient (Wildman–Crippen LogP) is 4.34. The van der Waals surface area contributed by atoms with Gasteiger partial charge in [0.05, 0.1) is 5.69 Å². The maximum Gasteiger partial charge on any atom is 0.263 e. The van der Waals surface area contributed by atoms with E-state index in [4.69, 9.17) is 5.73 Å². The smallest absolute Gasteiger partial charge is 0.263 e. The molecule has 1 aliphatic carbocycles. The largest absolute Gasteiger partial charge is 0.384 e. The number of carbonyl (C=O) groups is 1. The number of carbonyl (C=O) groups excluding carboxylic acids is 1. The van der Waals surface area contributed by atoms with Crippen molar-refractivity contribution in [3.05, 3.63) is 65.7 Å². The summed E-state index contributed by atoms with van der Waals surface area (Å²) in [6.07, 6.45) is 5.54. The summed E-state index contributed by atoms with van der Waals surface area (Å²) in [6.45, 7) is 0.758. The van der Waals surface area contributed by atoms with Gasteiger partial charge in [0.1, 0.15) is 4.90 Å². The Balaban J connectivity index is 1.41. The molecule has 1 amide bonds. The molecule has 1 fully saturated rings. The number of nitrogens with zero attached hydrogens (tertiary/aromatic N) is 1. The Morgan fingerprint density at radius 2 is 1.83 bits per heavy atom. The van der Waals surface area contributed by atoms with Crippen molar-refractivity contribution in [3.8, 4) is 0 Å². The van der Waals surface area contributed by atoms with E-state index in [1.54, 1.807) is 24.3 Å². The van der Waals surface area contributed by atoms with Gasteiger partial charge in [-0.25, -0.2) is 8.42 Å². The van der Waals surface area contributed by atoms with E-state index < -0.39 is 10.0 Å². The van der Waals surface area contributed by atoms with Crippen molar-refractivity contribution in [2.45, 2.75) is 55.5 Å². The maximum atomic E-state index is 13.4. The Morgan fingerprint density at radius 3 is 2.63 bits per heavy atom. The zero-order valence-corrected chi connectivity index (χ0v) is 20.8. The average Bonchev–Trinajstić information content (AvgIpc) is 2.87. The van der Waals surface area contributed by atoms with Gasteiger partial charge in [0.15, 0.2) is 0 Å². The van der Waals surface area contributed by atoms with Crippen molar-refractivity contribution >= 4 is 38.1 Å². The van der Waals surface area contributed by atoms with Gasteiger partial charge in [-0.2, -0.15) is 0 Å². The molecule has 5 rings (SSSR count). The fourth-order valence-corrected chi connectivity index (χ4v) is 6.57. The highest BCUT2D eigenvalue weighted by atomic mass is 32.2. The molecule has 184 valence electrons. The molecule has 0 spiro atoms. The summed E-state index contributed by atoms with van der Waals surface area (Å²) < 4.78 is 29.2. The molecule has 0 unspecified atom stereocenters. The lowest BCUT2D eigenvalue weighted by Gasteiger charge is -2.33. The summed E-state index contributed by atoms with van der Waals surface area (Å²) in [5.74, 6) is -0.0219. The van der Waals surface area contributed by atoms with Gasteiger partial charge in [-0.3, -0.25) is 9.52 Å². The first-order chi connectivity index (χ1) is 16.8. The van der Waals surface area contributed by atoms with Gasteiger partial charge in [-0.05, 0) is 79.1 Å². The van der Waals surface area contributed by atoms with E-state index >= 15 is 0 Å². The number of hydrogen-bond donors (Lipinski definition) is 3. The highest BCUT2D eigenvalue weighted by molar-refractivity contribution is 7.92. The predicted molar refractivity (Wildman–Crippen MR) is 140 cm³/mol. The summed E-state index contributed by atoms with van der Waals surface area (Å²) in [5.41, 5.74) is 8.82. The molecule has 1 heterocycles. The lowest BCUT2D eigenvalue weighted by molar-refractivity contribution is 0.0692. The van der Waals surface area contributed by atoms with Crippen molar-refractivity contribution in [2.75, 3.05) is 23.6 Å². The molecule has 2 aliphatic rings. The third-order valence-corrected chi connectivity index (χ3v) is 8.72. The van der Waals surface area contributed by atoms with E-state index in [-0.39, 0.29) is 22.9 Å². The van der Waals surface area contributed by atoms with Crippen molar-refractivity contribution in [1.29, 1.82) is 0 Å². The first kappa shape index (κ1) is 23.6. The van der Waals surface area contributed by atoms with Crippen LogP contribution in [0.25, 0.3) is 10.8 Å². The zero-order chi connectivity index (χ0) is 24.6. The van der Waals surface area contributed by atoms with E-state index in [9.17, 15) is 13.2 Å². The lowest BCUT2D eigenvalue weighted by atomic mass is 9.90. The lowest BCUT2D eigenvalue weighted by Crippen LogP contribution is -2.41. The second-order valence-electron chi connectivity index (χ2n) is 9.65. The number of fused-ring (bicyclic) bond motifs is 2. The molecule has 0 bridgehead atoms. The Labute approximate surface area is 206 Å². The molecule has 35 heavy (non-hydrogen) atoms. The number of nitrogens with one attached hydrogen (secondary N) is 2. The number of rotatable bonds is 5. The minimum absolute atomic E-state index is 0.0219. The number of anilines is 2. The standard InChI is InChI=1S/C27H32N4O3S/c1-31(22-13-10-20(28)11-14-22)27(32)24-8-2-6-19-17-21(12-15-23(19)24)30-35(33,34)25-9-3-5-18-7-4-16-29-26(18)25/h2-3,5-6,8-9,12,15,17,20,22,29-30H,4,7,10-11,13-14,16,28H2,1H3. The molecule has 4 N–H and O–H groups in total. The van der Waals surface area contributed by atoms with E-state index in [2.05, 4.69) is 10.0 Å². The fraction of sp³-hybridized carbons (Fsp3) is 0.370. The van der Waals surface area contributed by atoms with E-state index in [1.807, 2.05) is 42.3 Å². The van der Waals surface area contributed by atoms with Crippen molar-refractivity contribution in [2.24, 2.45) is 5.73 Å². The first-order valence-corrected chi connectivity index (χ1v) is 13.8. The van der Waals surface area contributed by atoms with Crippen LogP contribution in [0.5, 0.6) is 0 Å². The molecule has 8 heteroatoms. The Morgan fingerprint density at radius 1 is 1.06 bits per heavy atom. The van der Waals surface area contributed by atoms with Gasteiger partial charge in [-0.15, -0.1) is 0 Å². The van der Waals surface area contributed by atoms with Crippen LogP contribution in [-0.4, -0.2) is 44.9 Å². The van der Waals surface area contributed by atoms with Crippen LogP contribution in [0, 0.1) is 0 Å². The van der Waals surface area contributed by atoms with Crippen LogP contribution in [0.15, 0.2) is 59.5 Å². The normalized spacial score (nSPS) is 20.1. The number of para-hydroxylation sites is 1. The number of hydrogen-bond acceptors (Lipinski definition) is 5. The van der Waals surface area contributed by atoms with Crippen LogP contribution < -0.4 is 15.8 Å². The van der Waals surface area contributed by atoms with Gasteiger partial charge >= 0.3 is 0 Å². The summed E-state index contributed by atoms with van der Waals surface area (Å²) in [4.78, 5) is 15.4. The van der Waals surface area contributed by atoms with Gasteiger partial charge in [0, 0.05) is 36.9 Å². The average molecular weight is 493 g/mol. The van der Waals surface area contributed by atoms with Gasteiger partial charge in [-0.1, -0.05) is 30.3 Å². The first-order valence-electron chi connectivity index (χ1n) is 12.3. The highest BCUT2D eigenvalue weighted by Gasteiger charge is 2.27. The number of nitrogens with two attached hydrogens (primary N) is 1. The molecule has 0 saturated heterocycles. The quantitative estimate of drug-likeness (QED) is 0.491. The summed E-state index contributed by atoms with van der Waals surface area (Å²) >= 11 is 0. The molecule has 3 aromatic rings. The van der Waals surface area contributed by atoms with Crippen LogP contribution in [0.1, 0.15) is 48.0 Å². The van der Waals surface area contributed by atoms with Gasteiger partial charge in [0.25, 0.3) is 15.9 Å². The fourth-order valence-electron chi connectivity index (χ4n) is 5.29. The molecule has 0 aromatic heterocycles. The van der Waals surface area contributed by atoms with E-state index in [0.717, 1.165) is 61.4 Å².